The summed E-state index contributed by atoms with van der Waals surface area (Å²) in [6, 6.07) is 18.9. The predicted molar refractivity (Wildman–Crippen MR) is 133 cm³/mol. The lowest BCUT2D eigenvalue weighted by molar-refractivity contribution is 0.162. The third-order valence-electron chi connectivity index (χ3n) is 6.76. The maximum absolute atomic E-state index is 13.3. The fourth-order valence-corrected chi connectivity index (χ4v) is 6.13. The lowest BCUT2D eigenvalue weighted by Crippen LogP contribution is -2.24. The SMILES string of the molecule is Cc1cccc(C)c1-c1cc2nc(n1)NS(=O)(=O)c1cccc(c1)C1Cc3cccnc3[C@H](C1)O2. The van der Waals surface area contributed by atoms with Crippen molar-refractivity contribution in [2.75, 3.05) is 4.72 Å². The molecule has 8 heteroatoms. The molecule has 2 aromatic heterocycles. The monoisotopic (exact) mass is 484 g/mol. The number of pyridine rings is 1. The number of nitrogens with zero attached hydrogens (tertiary/aromatic N) is 3. The molecule has 35 heavy (non-hydrogen) atoms. The van der Waals surface area contributed by atoms with Crippen molar-refractivity contribution in [2.24, 2.45) is 0 Å². The van der Waals surface area contributed by atoms with E-state index in [1.165, 1.54) is 0 Å². The van der Waals surface area contributed by atoms with Crippen LogP contribution in [0.2, 0.25) is 0 Å². The molecule has 1 N–H and O–H groups in total. The van der Waals surface area contributed by atoms with Crippen molar-refractivity contribution in [3.8, 4) is 17.1 Å². The van der Waals surface area contributed by atoms with E-state index >= 15 is 0 Å². The Kier molecular flexibility index (Phi) is 5.07. The van der Waals surface area contributed by atoms with E-state index in [1.807, 2.05) is 44.2 Å². The van der Waals surface area contributed by atoms with Crippen LogP contribution < -0.4 is 9.46 Å². The molecule has 0 amide bonds. The highest BCUT2D eigenvalue weighted by Crippen LogP contribution is 2.41. The number of anilines is 1. The van der Waals surface area contributed by atoms with Crippen LogP contribution in [0.3, 0.4) is 0 Å². The highest BCUT2D eigenvalue weighted by Gasteiger charge is 2.32. The summed E-state index contributed by atoms with van der Waals surface area (Å²) in [5, 5.41) is 0. The number of rotatable bonds is 1. The zero-order valence-corrected chi connectivity index (χ0v) is 20.2. The van der Waals surface area contributed by atoms with Crippen LogP contribution in [0.1, 0.15) is 46.4 Å². The Labute approximate surface area is 204 Å². The molecule has 0 saturated carbocycles. The summed E-state index contributed by atoms with van der Waals surface area (Å²) < 4.78 is 35.6. The summed E-state index contributed by atoms with van der Waals surface area (Å²) in [4.78, 5) is 13.9. The van der Waals surface area contributed by atoms with Gasteiger partial charge in [-0.3, -0.25) is 4.98 Å². The largest absolute Gasteiger partial charge is 0.468 e. The second kappa shape index (κ2) is 8.16. The standard InChI is InChI=1S/C27H24N4O3S/c1-16-6-3-7-17(2)25(16)22-15-24-30-27(29-22)31-35(32,33)21-10-4-8-18(13-21)20-12-19-9-5-11-28-26(19)23(14-20)34-24/h3-11,13,15,20,23H,12,14H2,1-2H3,(H,29,30,31)/t20?,23-/m0/s1. The summed E-state index contributed by atoms with van der Waals surface area (Å²) >= 11 is 0. The van der Waals surface area contributed by atoms with Gasteiger partial charge in [-0.05, 0) is 73.1 Å². The second-order valence-corrected chi connectivity index (χ2v) is 10.8. The quantitative estimate of drug-likeness (QED) is 0.403. The van der Waals surface area contributed by atoms with Crippen molar-refractivity contribution in [2.45, 2.75) is 43.6 Å². The lowest BCUT2D eigenvalue weighted by Gasteiger charge is -2.31. The van der Waals surface area contributed by atoms with Gasteiger partial charge in [-0.1, -0.05) is 36.4 Å². The number of fused-ring (bicyclic) bond motifs is 9. The fraction of sp³-hybridized carbons (Fsp3) is 0.222. The van der Waals surface area contributed by atoms with Crippen LogP contribution in [0.25, 0.3) is 11.3 Å². The molecule has 1 aliphatic heterocycles. The molecule has 0 radical (unpaired) electrons. The Morgan fingerprint density at radius 2 is 1.77 bits per heavy atom. The van der Waals surface area contributed by atoms with Crippen molar-refractivity contribution in [1.82, 2.24) is 15.0 Å². The number of nitrogens with one attached hydrogen (secondary N) is 1. The van der Waals surface area contributed by atoms with Gasteiger partial charge in [0, 0.05) is 17.8 Å². The van der Waals surface area contributed by atoms with Crippen LogP contribution in [0.4, 0.5) is 5.95 Å². The highest BCUT2D eigenvalue weighted by molar-refractivity contribution is 7.92. The molecule has 2 atom stereocenters. The number of hydrogen-bond donors (Lipinski definition) is 1. The minimum absolute atomic E-state index is 0.0280. The maximum atomic E-state index is 13.3. The number of benzene rings is 2. The Morgan fingerprint density at radius 1 is 0.971 bits per heavy atom. The topological polar surface area (TPSA) is 94.1 Å². The zero-order chi connectivity index (χ0) is 24.2. The number of aromatic nitrogens is 3. The molecule has 1 aliphatic carbocycles. The Morgan fingerprint density at radius 3 is 2.60 bits per heavy atom. The van der Waals surface area contributed by atoms with Gasteiger partial charge >= 0.3 is 0 Å². The first-order valence-corrected chi connectivity index (χ1v) is 13.0. The number of ether oxygens (including phenoxy) is 1. The zero-order valence-electron chi connectivity index (χ0n) is 19.4. The van der Waals surface area contributed by atoms with Crippen LogP contribution in [0, 0.1) is 13.8 Å². The van der Waals surface area contributed by atoms with Gasteiger partial charge in [-0.25, -0.2) is 18.1 Å². The van der Waals surface area contributed by atoms with Crippen LogP contribution >= 0.6 is 0 Å². The maximum Gasteiger partial charge on any atom is 0.264 e. The Balaban J connectivity index is 1.57. The summed E-state index contributed by atoms with van der Waals surface area (Å²) in [5.74, 6) is 0.368. The first-order chi connectivity index (χ1) is 16.9. The molecule has 4 aromatic rings. The summed E-state index contributed by atoms with van der Waals surface area (Å²) in [5.41, 5.74) is 6.53. The molecule has 7 nitrogen and oxygen atoms in total. The predicted octanol–water partition coefficient (Wildman–Crippen LogP) is 5.12. The van der Waals surface area contributed by atoms with Crippen molar-refractivity contribution < 1.29 is 13.2 Å². The van der Waals surface area contributed by atoms with E-state index < -0.39 is 10.0 Å². The molecule has 0 saturated heterocycles. The molecule has 176 valence electrons. The third-order valence-corrected chi connectivity index (χ3v) is 8.09. The first-order valence-electron chi connectivity index (χ1n) is 11.6. The molecule has 0 spiro atoms. The molecule has 6 bridgehead atoms. The summed E-state index contributed by atoms with van der Waals surface area (Å²) in [6.45, 7) is 4.01. The molecule has 3 heterocycles. The van der Waals surface area contributed by atoms with E-state index in [-0.39, 0.29) is 22.9 Å². The van der Waals surface area contributed by atoms with Gasteiger partial charge in [0.05, 0.1) is 16.3 Å². The van der Waals surface area contributed by atoms with Crippen LogP contribution in [0.15, 0.2) is 71.8 Å². The van der Waals surface area contributed by atoms with E-state index in [4.69, 9.17) is 4.74 Å². The van der Waals surface area contributed by atoms with Gasteiger partial charge in [0.25, 0.3) is 10.0 Å². The van der Waals surface area contributed by atoms with E-state index in [1.54, 1.807) is 30.5 Å². The second-order valence-electron chi connectivity index (χ2n) is 9.15. The Bertz CT molecular complexity index is 1550. The fourth-order valence-electron chi connectivity index (χ4n) is 5.13. The van der Waals surface area contributed by atoms with E-state index in [0.29, 0.717) is 18.0 Å². The normalized spacial score (nSPS) is 19.8. The van der Waals surface area contributed by atoms with Gasteiger partial charge in [-0.15, -0.1) is 0 Å². The Hall–Kier alpha value is -3.78. The highest BCUT2D eigenvalue weighted by atomic mass is 32.2. The van der Waals surface area contributed by atoms with Crippen molar-refractivity contribution in [1.29, 1.82) is 0 Å². The molecule has 1 unspecified atom stereocenters. The number of sulfonamides is 1. The number of hydrogen-bond acceptors (Lipinski definition) is 6. The molecule has 2 aromatic carbocycles. The number of aryl methyl sites for hydroxylation is 2. The van der Waals surface area contributed by atoms with Gasteiger partial charge in [0.15, 0.2) is 0 Å². The average molecular weight is 485 g/mol. The smallest absolute Gasteiger partial charge is 0.264 e. The van der Waals surface area contributed by atoms with E-state index in [2.05, 4.69) is 25.7 Å². The summed E-state index contributed by atoms with van der Waals surface area (Å²) in [6.07, 6.45) is 2.89. The van der Waals surface area contributed by atoms with Crippen LogP contribution in [-0.4, -0.2) is 23.4 Å². The van der Waals surface area contributed by atoms with Gasteiger partial charge in [-0.2, -0.15) is 4.98 Å². The molecular formula is C27H24N4O3S. The molecule has 0 fully saturated rings. The lowest BCUT2D eigenvalue weighted by atomic mass is 9.80. The minimum atomic E-state index is -3.90. The van der Waals surface area contributed by atoms with Gasteiger partial charge in [0.2, 0.25) is 11.8 Å². The van der Waals surface area contributed by atoms with Crippen LogP contribution in [0.5, 0.6) is 5.88 Å². The third kappa shape index (κ3) is 3.93. The van der Waals surface area contributed by atoms with Crippen LogP contribution in [-0.2, 0) is 16.4 Å². The van der Waals surface area contributed by atoms with Gasteiger partial charge < -0.3 is 4.74 Å². The van der Waals surface area contributed by atoms with Crippen molar-refractivity contribution in [3.05, 3.63) is 94.8 Å². The average Bonchev–Trinajstić information content (AvgIpc) is 2.83. The molecule has 6 rings (SSSR count). The molecular weight excluding hydrogens is 460 g/mol. The van der Waals surface area contributed by atoms with Gasteiger partial charge in [0.1, 0.15) is 6.10 Å². The van der Waals surface area contributed by atoms with E-state index in [0.717, 1.165) is 39.9 Å². The summed E-state index contributed by atoms with van der Waals surface area (Å²) in [7, 11) is -3.90. The van der Waals surface area contributed by atoms with E-state index in [9.17, 15) is 8.42 Å². The van der Waals surface area contributed by atoms with Crippen molar-refractivity contribution >= 4 is 16.0 Å². The van der Waals surface area contributed by atoms with Crippen molar-refractivity contribution in [3.63, 3.8) is 0 Å². The minimum Gasteiger partial charge on any atom is -0.468 e. The molecule has 2 aliphatic rings. The first kappa shape index (κ1) is 21.7.